The number of rotatable bonds is 11. The molecule has 1 aliphatic heterocycles. The van der Waals surface area contributed by atoms with Crippen LogP contribution in [0.2, 0.25) is 0 Å². The van der Waals surface area contributed by atoms with Crippen LogP contribution in [0.25, 0.3) is 0 Å². The highest BCUT2D eigenvalue weighted by molar-refractivity contribution is 7.91. The van der Waals surface area contributed by atoms with E-state index in [1.807, 2.05) is 11.8 Å². The van der Waals surface area contributed by atoms with E-state index in [4.69, 9.17) is 4.74 Å². The predicted octanol–water partition coefficient (Wildman–Crippen LogP) is 4.76. The molecule has 0 saturated carbocycles. The molecule has 2 N–H and O–H groups in total. The van der Waals surface area contributed by atoms with E-state index in [0.29, 0.717) is 37.6 Å². The van der Waals surface area contributed by atoms with Crippen molar-refractivity contribution in [1.29, 1.82) is 0 Å². The molecule has 3 aromatic rings. The Bertz CT molecular complexity index is 1450. The molecule has 0 aliphatic carbocycles. The van der Waals surface area contributed by atoms with E-state index in [9.17, 15) is 31.5 Å². The molecule has 1 aliphatic rings. The second-order valence-corrected chi connectivity index (χ2v) is 12.4. The van der Waals surface area contributed by atoms with E-state index in [1.54, 1.807) is 31.2 Å². The summed E-state index contributed by atoms with van der Waals surface area (Å²) in [6.07, 6.45) is -2.29. The molecule has 1 fully saturated rings. The number of aromatic nitrogens is 1. The lowest BCUT2D eigenvalue weighted by Gasteiger charge is -2.25. The average molecular weight is 606 g/mol. The van der Waals surface area contributed by atoms with Crippen LogP contribution in [-0.4, -0.2) is 62.6 Å². The molecule has 2 heterocycles. The zero-order valence-electron chi connectivity index (χ0n) is 23.3. The van der Waals surface area contributed by atoms with Crippen LogP contribution in [0.1, 0.15) is 59.3 Å². The van der Waals surface area contributed by atoms with Crippen LogP contribution in [0.3, 0.4) is 0 Å². The summed E-state index contributed by atoms with van der Waals surface area (Å²) in [7, 11) is -3.37. The number of aliphatic hydroxyl groups is 1. The number of nitrogens with zero attached hydrogens (tertiary/aromatic N) is 2. The Balaban J connectivity index is 1.46. The zero-order valence-corrected chi connectivity index (χ0v) is 24.2. The number of benzene rings is 2. The molecule has 12 heteroatoms. The topological polar surface area (TPSA) is 109 Å². The molecule has 42 heavy (non-hydrogen) atoms. The lowest BCUT2D eigenvalue weighted by Crippen LogP contribution is -2.34. The summed E-state index contributed by atoms with van der Waals surface area (Å²) in [6, 6.07) is 13.8. The maximum absolute atomic E-state index is 13.0. The number of ether oxygens (including phenoxy) is 1. The summed E-state index contributed by atoms with van der Waals surface area (Å²) in [5, 5.41) is 12.6. The summed E-state index contributed by atoms with van der Waals surface area (Å²) in [4.78, 5) is 19.7. The first-order valence-corrected chi connectivity index (χ1v) is 15.3. The Morgan fingerprint density at radius 2 is 1.79 bits per heavy atom. The number of amides is 1. The van der Waals surface area contributed by atoms with E-state index in [1.165, 1.54) is 30.5 Å². The first-order valence-electron chi connectivity index (χ1n) is 13.7. The fraction of sp³-hybridized carbons (Fsp3) is 0.400. The van der Waals surface area contributed by atoms with E-state index in [2.05, 4.69) is 10.3 Å². The molecule has 3 atom stereocenters. The van der Waals surface area contributed by atoms with Crippen LogP contribution in [-0.2, 0) is 20.8 Å². The van der Waals surface area contributed by atoms with Gasteiger partial charge in [-0.15, -0.1) is 0 Å². The van der Waals surface area contributed by atoms with Crippen molar-refractivity contribution in [2.45, 2.75) is 49.3 Å². The van der Waals surface area contributed by atoms with Gasteiger partial charge in [-0.05, 0) is 60.9 Å². The van der Waals surface area contributed by atoms with Gasteiger partial charge in [0.25, 0.3) is 5.91 Å². The van der Waals surface area contributed by atoms with Crippen molar-refractivity contribution in [2.24, 2.45) is 0 Å². The number of alkyl halides is 3. The summed E-state index contributed by atoms with van der Waals surface area (Å²) >= 11 is 0. The number of carbonyl (C=O) groups is 1. The van der Waals surface area contributed by atoms with Crippen molar-refractivity contribution in [3.05, 3.63) is 89.1 Å². The first kappa shape index (κ1) is 31.5. The van der Waals surface area contributed by atoms with Crippen molar-refractivity contribution in [3.63, 3.8) is 0 Å². The van der Waals surface area contributed by atoms with E-state index in [-0.39, 0.29) is 28.2 Å². The summed E-state index contributed by atoms with van der Waals surface area (Å²) in [5.41, 5.74) is 0.934. The molecule has 8 nitrogen and oxygen atoms in total. The van der Waals surface area contributed by atoms with Gasteiger partial charge in [0, 0.05) is 25.3 Å². The van der Waals surface area contributed by atoms with Gasteiger partial charge in [-0.2, -0.15) is 13.2 Å². The molecular formula is C30H34F3N3O5S. The number of hydrogen-bond donors (Lipinski definition) is 2. The molecule has 226 valence electrons. The molecule has 0 spiro atoms. The second kappa shape index (κ2) is 13.2. The highest BCUT2D eigenvalue weighted by Crippen LogP contribution is 2.36. The minimum atomic E-state index is -4.39. The third-order valence-corrected chi connectivity index (χ3v) is 9.20. The number of sulfone groups is 1. The van der Waals surface area contributed by atoms with Crippen LogP contribution >= 0.6 is 0 Å². The van der Waals surface area contributed by atoms with Gasteiger partial charge in [-0.25, -0.2) is 13.4 Å². The van der Waals surface area contributed by atoms with Crippen LogP contribution in [0.15, 0.2) is 71.8 Å². The van der Waals surface area contributed by atoms with E-state index < -0.39 is 40.1 Å². The fourth-order valence-electron chi connectivity index (χ4n) is 5.04. The van der Waals surface area contributed by atoms with Crippen LogP contribution in [0, 0.1) is 0 Å². The van der Waals surface area contributed by atoms with Gasteiger partial charge in [0.2, 0.25) is 0 Å². The highest BCUT2D eigenvalue weighted by atomic mass is 32.2. The fourth-order valence-corrected chi connectivity index (χ4v) is 5.92. The van der Waals surface area contributed by atoms with Gasteiger partial charge in [0.05, 0.1) is 47.1 Å². The van der Waals surface area contributed by atoms with Crippen molar-refractivity contribution in [2.75, 3.05) is 37.0 Å². The van der Waals surface area contributed by atoms with E-state index >= 15 is 0 Å². The van der Waals surface area contributed by atoms with Crippen LogP contribution < -0.4 is 10.2 Å². The summed E-state index contributed by atoms with van der Waals surface area (Å²) in [5.74, 6) is 0.0894. The van der Waals surface area contributed by atoms with Crippen LogP contribution in [0.5, 0.6) is 0 Å². The summed E-state index contributed by atoms with van der Waals surface area (Å²) < 4.78 is 68.9. The van der Waals surface area contributed by atoms with Crippen molar-refractivity contribution in [3.8, 4) is 0 Å². The Kier molecular flexibility index (Phi) is 9.90. The van der Waals surface area contributed by atoms with Gasteiger partial charge in [0.15, 0.2) is 9.84 Å². The third-order valence-electron chi connectivity index (χ3n) is 7.45. The lowest BCUT2D eigenvalue weighted by atomic mass is 9.95. The predicted molar refractivity (Wildman–Crippen MR) is 152 cm³/mol. The van der Waals surface area contributed by atoms with Crippen molar-refractivity contribution >= 4 is 21.6 Å². The minimum absolute atomic E-state index is 0.0217. The van der Waals surface area contributed by atoms with Gasteiger partial charge in [-0.3, -0.25) is 4.79 Å². The van der Waals surface area contributed by atoms with Gasteiger partial charge < -0.3 is 20.1 Å². The lowest BCUT2D eigenvalue weighted by molar-refractivity contribution is -0.137. The number of anilines is 1. The second-order valence-electron chi connectivity index (χ2n) is 10.1. The molecular weight excluding hydrogens is 571 g/mol. The maximum atomic E-state index is 13.0. The molecule has 4 rings (SSSR count). The van der Waals surface area contributed by atoms with Gasteiger partial charge in [-0.1, -0.05) is 31.2 Å². The van der Waals surface area contributed by atoms with Crippen LogP contribution in [0.4, 0.5) is 19.0 Å². The molecule has 1 amide bonds. The molecule has 0 radical (unpaired) electrons. The normalized spacial score (nSPS) is 18.2. The summed E-state index contributed by atoms with van der Waals surface area (Å²) in [6.45, 7) is 4.52. The first-order chi connectivity index (χ1) is 20.0. The zero-order chi connectivity index (χ0) is 30.5. The third kappa shape index (κ3) is 7.29. The minimum Gasteiger partial charge on any atom is -0.394 e. The number of hydrogen-bond acceptors (Lipinski definition) is 7. The van der Waals surface area contributed by atoms with E-state index in [0.717, 1.165) is 17.7 Å². The Morgan fingerprint density at radius 3 is 2.33 bits per heavy atom. The molecule has 1 saturated heterocycles. The Labute approximate surface area is 243 Å². The smallest absolute Gasteiger partial charge is 0.394 e. The quantitative estimate of drug-likeness (QED) is 0.325. The highest BCUT2D eigenvalue weighted by Gasteiger charge is 2.35. The molecule has 1 unspecified atom stereocenters. The van der Waals surface area contributed by atoms with Crippen molar-refractivity contribution < 1.29 is 36.2 Å². The molecule has 0 bridgehead atoms. The Morgan fingerprint density at radius 1 is 1.10 bits per heavy atom. The largest absolute Gasteiger partial charge is 0.416 e. The maximum Gasteiger partial charge on any atom is 0.416 e. The number of nitrogens with one attached hydrogen (secondary N) is 1. The van der Waals surface area contributed by atoms with Gasteiger partial charge in [0.1, 0.15) is 5.82 Å². The number of pyridine rings is 1. The standard InChI is InChI=1S/C30H34F3N3O5S/c1-3-41-19-25-15-23(20-5-10-24(11-6-20)30(31,32)33)17-36(25)28-14-9-22(16-34-28)29(38)35-27(18-37)21-7-12-26(13-8-21)42(39,40)4-2/h5-14,16,23,25,27,37H,3-4,15,17-19H2,1-2H3,(H,35,38)/t23?,25-,27-/m0/s1. The number of aliphatic hydroxyl groups excluding tert-OH is 1. The Hall–Kier alpha value is -3.48. The number of halogens is 3. The average Bonchev–Trinajstić information content (AvgIpc) is 3.42. The SMILES string of the molecule is CCOC[C@@H]1CC(c2ccc(C(F)(F)F)cc2)CN1c1ccc(C(=O)N[C@@H](CO)c2ccc(S(=O)(=O)CC)cc2)cn1. The molecule has 1 aromatic heterocycles. The number of carbonyl (C=O) groups excluding carboxylic acids is 1. The van der Waals surface area contributed by atoms with Gasteiger partial charge >= 0.3 is 6.18 Å². The molecule has 2 aromatic carbocycles. The monoisotopic (exact) mass is 605 g/mol. The van der Waals surface area contributed by atoms with Crippen molar-refractivity contribution in [1.82, 2.24) is 10.3 Å².